The van der Waals surface area contributed by atoms with E-state index in [1.807, 2.05) is 30.3 Å². The maximum atomic E-state index is 15.1. The number of amides is 2. The third-order valence-corrected chi connectivity index (χ3v) is 10.0. The van der Waals surface area contributed by atoms with Crippen LogP contribution in [0, 0.1) is 5.82 Å². The van der Waals surface area contributed by atoms with E-state index in [4.69, 9.17) is 11.6 Å². The number of hydrogen-bond acceptors (Lipinski definition) is 4. The molecule has 0 bridgehead atoms. The molecule has 10 heteroatoms. The summed E-state index contributed by atoms with van der Waals surface area (Å²) >= 11 is 6.26. The van der Waals surface area contributed by atoms with Gasteiger partial charge in [-0.2, -0.15) is 0 Å². The Bertz CT molecular complexity index is 1720. The molecule has 1 aliphatic carbocycles. The molecule has 0 saturated heterocycles. The van der Waals surface area contributed by atoms with Crippen LogP contribution in [0.2, 0.25) is 5.02 Å². The lowest BCUT2D eigenvalue weighted by Crippen LogP contribution is -2.54. The van der Waals surface area contributed by atoms with Crippen LogP contribution in [0.4, 0.5) is 10.1 Å². The highest BCUT2D eigenvalue weighted by Gasteiger charge is 2.36. The van der Waals surface area contributed by atoms with E-state index in [9.17, 15) is 18.0 Å². The summed E-state index contributed by atoms with van der Waals surface area (Å²) in [7, 11) is -4.25. The van der Waals surface area contributed by atoms with Crippen LogP contribution in [0.1, 0.15) is 36.8 Å². The normalized spacial score (nSPS) is 14.1. The summed E-state index contributed by atoms with van der Waals surface area (Å²) < 4.78 is 44.1. The van der Waals surface area contributed by atoms with Crippen molar-refractivity contribution in [2.24, 2.45) is 0 Å². The van der Waals surface area contributed by atoms with Crippen LogP contribution in [0.5, 0.6) is 0 Å². The smallest absolute Gasteiger partial charge is 0.264 e. The molecule has 0 radical (unpaired) electrons. The standard InChI is InChI=1S/C35H35ClFN3O4S/c36-28-15-11-18-30(23-28)40(45(43,44)31-19-5-2-6-20-31)25-34(41)39(24-27-14-7-10-21-32(27)37)33(22-26-12-3-1-4-13-26)35(42)38-29-16-8-9-17-29/h1-7,10-15,18-21,23,29,33H,8-9,16-17,22,24-25H2,(H,38,42). The maximum absolute atomic E-state index is 15.1. The molecule has 1 atom stereocenters. The van der Waals surface area contributed by atoms with Gasteiger partial charge in [-0.3, -0.25) is 13.9 Å². The maximum Gasteiger partial charge on any atom is 0.264 e. The Morgan fingerprint density at radius 1 is 0.867 bits per heavy atom. The lowest BCUT2D eigenvalue weighted by Gasteiger charge is -2.34. The predicted molar refractivity (Wildman–Crippen MR) is 174 cm³/mol. The quantitative estimate of drug-likeness (QED) is 0.194. The van der Waals surface area contributed by atoms with Gasteiger partial charge in [0.15, 0.2) is 0 Å². The summed E-state index contributed by atoms with van der Waals surface area (Å²) in [5.74, 6) is -1.57. The fourth-order valence-corrected chi connectivity index (χ4v) is 7.22. The van der Waals surface area contributed by atoms with Gasteiger partial charge in [0.25, 0.3) is 10.0 Å². The van der Waals surface area contributed by atoms with Crippen LogP contribution >= 0.6 is 11.6 Å². The van der Waals surface area contributed by atoms with E-state index in [2.05, 4.69) is 5.32 Å². The Kier molecular flexibility index (Phi) is 10.5. The van der Waals surface area contributed by atoms with Crippen LogP contribution < -0.4 is 9.62 Å². The SMILES string of the molecule is O=C(NC1CCCC1)C(Cc1ccccc1)N(Cc1ccccc1F)C(=O)CN(c1cccc(Cl)c1)S(=O)(=O)c1ccccc1. The molecule has 0 aromatic heterocycles. The highest BCUT2D eigenvalue weighted by molar-refractivity contribution is 7.92. The van der Waals surface area contributed by atoms with Crippen LogP contribution in [0.15, 0.2) is 114 Å². The molecule has 1 unspecified atom stereocenters. The zero-order chi connectivity index (χ0) is 31.8. The molecule has 4 aromatic carbocycles. The molecule has 1 saturated carbocycles. The number of anilines is 1. The minimum Gasteiger partial charge on any atom is -0.352 e. The number of hydrogen-bond donors (Lipinski definition) is 1. The number of nitrogens with one attached hydrogen (secondary N) is 1. The molecule has 1 fully saturated rings. The van der Waals surface area contributed by atoms with E-state index in [1.54, 1.807) is 54.6 Å². The van der Waals surface area contributed by atoms with Gasteiger partial charge in [0, 0.05) is 29.6 Å². The second-order valence-electron chi connectivity index (χ2n) is 11.1. The van der Waals surface area contributed by atoms with Gasteiger partial charge in [-0.25, -0.2) is 12.8 Å². The topological polar surface area (TPSA) is 86.8 Å². The van der Waals surface area contributed by atoms with E-state index in [-0.39, 0.29) is 46.1 Å². The van der Waals surface area contributed by atoms with Crippen LogP contribution in [-0.2, 0) is 32.6 Å². The summed E-state index contributed by atoms with van der Waals surface area (Å²) in [5.41, 5.74) is 1.19. The number of carbonyl (C=O) groups excluding carboxylic acids is 2. The van der Waals surface area contributed by atoms with Crippen LogP contribution in [-0.4, -0.2) is 43.8 Å². The second kappa shape index (κ2) is 14.7. The van der Waals surface area contributed by atoms with E-state index in [1.165, 1.54) is 29.2 Å². The Balaban J connectivity index is 1.57. The Labute approximate surface area is 268 Å². The molecule has 0 aliphatic heterocycles. The van der Waals surface area contributed by atoms with Crippen molar-refractivity contribution in [2.45, 2.75) is 55.6 Å². The largest absolute Gasteiger partial charge is 0.352 e. The highest BCUT2D eigenvalue weighted by atomic mass is 35.5. The first-order valence-corrected chi connectivity index (χ1v) is 16.7. The van der Waals surface area contributed by atoms with Gasteiger partial charge in [0.05, 0.1) is 10.6 Å². The fourth-order valence-electron chi connectivity index (χ4n) is 5.61. The van der Waals surface area contributed by atoms with Crippen molar-refractivity contribution >= 4 is 39.1 Å². The van der Waals surface area contributed by atoms with E-state index >= 15 is 4.39 Å². The molecular formula is C35H35ClFN3O4S. The lowest BCUT2D eigenvalue weighted by atomic mass is 10.0. The van der Waals surface area contributed by atoms with Crippen molar-refractivity contribution in [1.82, 2.24) is 10.2 Å². The number of nitrogens with zero attached hydrogens (tertiary/aromatic N) is 2. The zero-order valence-corrected chi connectivity index (χ0v) is 26.3. The summed E-state index contributed by atoms with van der Waals surface area (Å²) in [6.07, 6.45) is 3.82. The first-order valence-electron chi connectivity index (χ1n) is 14.9. The van der Waals surface area contributed by atoms with Gasteiger partial charge in [-0.15, -0.1) is 0 Å². The van der Waals surface area contributed by atoms with Crippen LogP contribution in [0.25, 0.3) is 0 Å². The van der Waals surface area contributed by atoms with Crippen molar-refractivity contribution in [3.05, 3.63) is 131 Å². The predicted octanol–water partition coefficient (Wildman–Crippen LogP) is 6.37. The molecular weight excluding hydrogens is 613 g/mol. The van der Waals surface area contributed by atoms with Crippen molar-refractivity contribution < 1.29 is 22.4 Å². The van der Waals surface area contributed by atoms with Gasteiger partial charge in [0.2, 0.25) is 11.8 Å². The van der Waals surface area contributed by atoms with Crippen molar-refractivity contribution in [2.75, 3.05) is 10.8 Å². The molecule has 5 rings (SSSR count). The third kappa shape index (κ3) is 8.09. The van der Waals surface area contributed by atoms with Crippen LogP contribution in [0.3, 0.4) is 0 Å². The van der Waals surface area contributed by atoms with Gasteiger partial charge in [0.1, 0.15) is 18.4 Å². The molecule has 234 valence electrons. The third-order valence-electron chi connectivity index (χ3n) is 7.98. The summed E-state index contributed by atoms with van der Waals surface area (Å²) in [5, 5.41) is 3.39. The van der Waals surface area contributed by atoms with Crippen molar-refractivity contribution in [1.29, 1.82) is 0 Å². The number of rotatable bonds is 12. The average molecular weight is 648 g/mol. The molecule has 0 heterocycles. The summed E-state index contributed by atoms with van der Waals surface area (Å²) in [6.45, 7) is -0.885. The number of benzene rings is 4. The number of halogens is 2. The molecule has 2 amide bonds. The minimum atomic E-state index is -4.25. The summed E-state index contributed by atoms with van der Waals surface area (Å²) in [4.78, 5) is 29.7. The van der Waals surface area contributed by atoms with E-state index in [0.717, 1.165) is 35.6 Å². The number of sulfonamides is 1. The van der Waals surface area contributed by atoms with Crippen molar-refractivity contribution in [3.63, 3.8) is 0 Å². The zero-order valence-electron chi connectivity index (χ0n) is 24.7. The Morgan fingerprint density at radius 2 is 1.51 bits per heavy atom. The molecule has 7 nitrogen and oxygen atoms in total. The fraction of sp³-hybridized carbons (Fsp3) is 0.257. The van der Waals surface area contributed by atoms with E-state index < -0.39 is 34.3 Å². The van der Waals surface area contributed by atoms with Gasteiger partial charge in [-0.1, -0.05) is 97.2 Å². The molecule has 45 heavy (non-hydrogen) atoms. The van der Waals surface area contributed by atoms with E-state index in [0.29, 0.717) is 0 Å². The summed E-state index contributed by atoms with van der Waals surface area (Å²) in [6, 6.07) is 28.3. The lowest BCUT2D eigenvalue weighted by molar-refractivity contribution is -0.140. The van der Waals surface area contributed by atoms with Crippen molar-refractivity contribution in [3.8, 4) is 0 Å². The molecule has 4 aromatic rings. The first-order chi connectivity index (χ1) is 21.7. The van der Waals surface area contributed by atoms with Gasteiger partial charge < -0.3 is 10.2 Å². The average Bonchev–Trinajstić information content (AvgIpc) is 3.56. The second-order valence-corrected chi connectivity index (χ2v) is 13.4. The highest BCUT2D eigenvalue weighted by Crippen LogP contribution is 2.27. The minimum absolute atomic E-state index is 0.0155. The van der Waals surface area contributed by atoms with Gasteiger partial charge in [-0.05, 0) is 54.8 Å². The monoisotopic (exact) mass is 647 g/mol. The Morgan fingerprint density at radius 3 is 2.18 bits per heavy atom. The molecule has 1 N–H and O–H groups in total. The Hall–Kier alpha value is -4.21. The first kappa shape index (κ1) is 32.2. The molecule has 0 spiro atoms. The number of carbonyl (C=O) groups is 2. The molecule has 1 aliphatic rings. The van der Waals surface area contributed by atoms with Gasteiger partial charge >= 0.3 is 0 Å².